The lowest BCUT2D eigenvalue weighted by Crippen LogP contribution is -2.31. The van der Waals surface area contributed by atoms with E-state index >= 15 is 0 Å². The van der Waals surface area contributed by atoms with Crippen molar-refractivity contribution < 1.29 is 9.53 Å². The number of aromatic nitrogens is 3. The minimum absolute atomic E-state index is 0.0526. The summed E-state index contributed by atoms with van der Waals surface area (Å²) in [5.41, 5.74) is 1.90. The van der Waals surface area contributed by atoms with Crippen molar-refractivity contribution in [2.75, 3.05) is 6.61 Å². The molecule has 1 aromatic heterocycles. The topological polar surface area (TPSA) is 69.0 Å². The molecular formula is C18H17ClN4O2. The Morgan fingerprint density at radius 3 is 2.56 bits per heavy atom. The van der Waals surface area contributed by atoms with E-state index in [2.05, 4.69) is 15.4 Å². The standard InChI is InChI=1S/C18H17ClN4O2/c1-13(14-2-6-16(7-3-14)23-12-20-11-21-23)22-18(24)10-25-17-8-4-15(19)5-9-17/h2-9,11-13H,10H2,1H3,(H,22,24). The van der Waals surface area contributed by atoms with Gasteiger partial charge in [-0.3, -0.25) is 4.79 Å². The predicted octanol–water partition coefficient (Wildman–Crippen LogP) is 3.18. The van der Waals surface area contributed by atoms with Crippen LogP contribution in [0.25, 0.3) is 5.69 Å². The Kier molecular flexibility index (Phi) is 5.30. The number of halogens is 1. The molecule has 1 heterocycles. The molecule has 0 aliphatic rings. The number of carbonyl (C=O) groups is 1. The Balaban J connectivity index is 1.53. The van der Waals surface area contributed by atoms with E-state index in [1.807, 2.05) is 31.2 Å². The van der Waals surface area contributed by atoms with Crippen LogP contribution in [0.1, 0.15) is 18.5 Å². The summed E-state index contributed by atoms with van der Waals surface area (Å²) in [4.78, 5) is 16.0. The van der Waals surface area contributed by atoms with E-state index in [0.29, 0.717) is 10.8 Å². The monoisotopic (exact) mass is 356 g/mol. The Bertz CT molecular complexity index is 817. The van der Waals surface area contributed by atoms with E-state index in [4.69, 9.17) is 16.3 Å². The van der Waals surface area contributed by atoms with Crippen LogP contribution in [-0.2, 0) is 4.79 Å². The third-order valence-electron chi connectivity index (χ3n) is 3.64. The van der Waals surface area contributed by atoms with Gasteiger partial charge >= 0.3 is 0 Å². The number of benzene rings is 2. The van der Waals surface area contributed by atoms with Crippen molar-refractivity contribution in [2.24, 2.45) is 0 Å². The van der Waals surface area contributed by atoms with Crippen molar-refractivity contribution in [1.29, 1.82) is 0 Å². The van der Waals surface area contributed by atoms with E-state index in [1.54, 1.807) is 35.3 Å². The van der Waals surface area contributed by atoms with E-state index in [0.717, 1.165) is 11.3 Å². The maximum Gasteiger partial charge on any atom is 0.258 e. The van der Waals surface area contributed by atoms with E-state index < -0.39 is 0 Å². The second-order valence-corrected chi connectivity index (χ2v) is 5.90. The van der Waals surface area contributed by atoms with E-state index in [-0.39, 0.29) is 18.6 Å². The summed E-state index contributed by atoms with van der Waals surface area (Å²) in [6.07, 6.45) is 3.12. The third kappa shape index (κ3) is 4.58. The second-order valence-electron chi connectivity index (χ2n) is 5.46. The molecule has 1 amide bonds. The molecule has 3 rings (SSSR count). The zero-order chi connectivity index (χ0) is 17.6. The first kappa shape index (κ1) is 17.0. The van der Waals surface area contributed by atoms with Crippen LogP contribution in [0.2, 0.25) is 5.02 Å². The molecule has 6 nitrogen and oxygen atoms in total. The van der Waals surface area contributed by atoms with E-state index in [1.165, 1.54) is 6.33 Å². The van der Waals surface area contributed by atoms with Gasteiger partial charge in [-0.15, -0.1) is 0 Å². The molecular weight excluding hydrogens is 340 g/mol. The number of carbonyl (C=O) groups excluding carboxylic acids is 1. The lowest BCUT2D eigenvalue weighted by atomic mass is 10.1. The highest BCUT2D eigenvalue weighted by molar-refractivity contribution is 6.30. The van der Waals surface area contributed by atoms with E-state index in [9.17, 15) is 4.79 Å². The molecule has 0 aliphatic heterocycles. The molecule has 3 aromatic rings. The summed E-state index contributed by atoms with van der Waals surface area (Å²) in [6, 6.07) is 14.5. The van der Waals surface area contributed by atoms with Crippen LogP contribution in [0.15, 0.2) is 61.2 Å². The van der Waals surface area contributed by atoms with Crippen LogP contribution < -0.4 is 10.1 Å². The first-order valence-electron chi connectivity index (χ1n) is 7.74. The first-order chi connectivity index (χ1) is 12.1. The van der Waals surface area contributed by atoms with Gasteiger partial charge in [-0.25, -0.2) is 9.67 Å². The Morgan fingerprint density at radius 2 is 1.92 bits per heavy atom. The number of nitrogens with zero attached hydrogens (tertiary/aromatic N) is 3. The highest BCUT2D eigenvalue weighted by atomic mass is 35.5. The van der Waals surface area contributed by atoms with Crippen LogP contribution in [0.5, 0.6) is 5.75 Å². The number of rotatable bonds is 6. The summed E-state index contributed by atoms with van der Waals surface area (Å²) in [5.74, 6) is 0.409. The van der Waals surface area contributed by atoms with Crippen molar-refractivity contribution in [1.82, 2.24) is 20.1 Å². The smallest absolute Gasteiger partial charge is 0.258 e. The van der Waals surface area contributed by atoms with Gasteiger partial charge in [0.2, 0.25) is 0 Å². The molecule has 128 valence electrons. The lowest BCUT2D eigenvalue weighted by molar-refractivity contribution is -0.123. The zero-order valence-corrected chi connectivity index (χ0v) is 14.3. The molecule has 1 unspecified atom stereocenters. The van der Waals surface area contributed by atoms with Gasteiger partial charge in [-0.2, -0.15) is 5.10 Å². The summed E-state index contributed by atoms with van der Waals surface area (Å²) < 4.78 is 7.11. The van der Waals surface area contributed by atoms with Crippen molar-refractivity contribution >= 4 is 17.5 Å². The quantitative estimate of drug-likeness (QED) is 0.736. The minimum Gasteiger partial charge on any atom is -0.484 e. The Morgan fingerprint density at radius 1 is 1.20 bits per heavy atom. The number of ether oxygens (including phenoxy) is 1. The SMILES string of the molecule is CC(NC(=O)COc1ccc(Cl)cc1)c1ccc(-n2cncn2)cc1. The Labute approximate surface area is 150 Å². The van der Waals surface area contributed by atoms with Crippen molar-refractivity contribution in [2.45, 2.75) is 13.0 Å². The summed E-state index contributed by atoms with van der Waals surface area (Å²) in [7, 11) is 0. The summed E-state index contributed by atoms with van der Waals surface area (Å²) >= 11 is 5.81. The maximum atomic E-state index is 12.0. The number of nitrogens with one attached hydrogen (secondary N) is 1. The van der Waals surface area contributed by atoms with Crippen molar-refractivity contribution in [3.63, 3.8) is 0 Å². The molecule has 0 saturated carbocycles. The van der Waals surface area contributed by atoms with Gasteiger partial charge in [0.1, 0.15) is 18.4 Å². The fourth-order valence-electron chi connectivity index (χ4n) is 2.30. The third-order valence-corrected chi connectivity index (χ3v) is 3.89. The van der Waals surface area contributed by atoms with Gasteiger partial charge in [0.05, 0.1) is 11.7 Å². The minimum atomic E-state index is -0.192. The van der Waals surface area contributed by atoms with Gasteiger partial charge in [-0.05, 0) is 48.9 Å². The van der Waals surface area contributed by atoms with Gasteiger partial charge in [0.25, 0.3) is 5.91 Å². The van der Waals surface area contributed by atoms with Crippen LogP contribution in [0, 0.1) is 0 Å². The van der Waals surface area contributed by atoms with Crippen LogP contribution in [-0.4, -0.2) is 27.3 Å². The molecule has 0 bridgehead atoms. The average molecular weight is 357 g/mol. The van der Waals surface area contributed by atoms with Gasteiger partial charge in [0, 0.05) is 5.02 Å². The molecule has 2 aromatic carbocycles. The summed E-state index contributed by atoms with van der Waals surface area (Å²) in [5, 5.41) is 7.61. The molecule has 1 atom stereocenters. The van der Waals surface area contributed by atoms with Gasteiger partial charge in [-0.1, -0.05) is 23.7 Å². The largest absolute Gasteiger partial charge is 0.484 e. The molecule has 0 spiro atoms. The average Bonchev–Trinajstić information content (AvgIpc) is 3.16. The Hall–Kier alpha value is -2.86. The zero-order valence-electron chi connectivity index (χ0n) is 13.6. The van der Waals surface area contributed by atoms with Gasteiger partial charge in [0.15, 0.2) is 6.61 Å². The molecule has 7 heteroatoms. The normalized spacial score (nSPS) is 11.8. The molecule has 0 radical (unpaired) electrons. The molecule has 1 N–H and O–H groups in total. The van der Waals surface area contributed by atoms with Crippen LogP contribution in [0.3, 0.4) is 0 Å². The fourth-order valence-corrected chi connectivity index (χ4v) is 2.43. The van der Waals surface area contributed by atoms with Crippen LogP contribution >= 0.6 is 11.6 Å². The van der Waals surface area contributed by atoms with Crippen molar-refractivity contribution in [3.05, 3.63) is 71.8 Å². The fraction of sp³-hybridized carbons (Fsp3) is 0.167. The molecule has 25 heavy (non-hydrogen) atoms. The molecule has 0 saturated heterocycles. The highest BCUT2D eigenvalue weighted by Crippen LogP contribution is 2.17. The van der Waals surface area contributed by atoms with Crippen molar-refractivity contribution in [3.8, 4) is 11.4 Å². The highest BCUT2D eigenvalue weighted by Gasteiger charge is 2.10. The predicted molar refractivity (Wildman–Crippen MR) is 94.9 cm³/mol. The number of hydrogen-bond acceptors (Lipinski definition) is 4. The summed E-state index contributed by atoms with van der Waals surface area (Å²) in [6.45, 7) is 1.87. The van der Waals surface area contributed by atoms with Gasteiger partial charge < -0.3 is 10.1 Å². The molecule has 0 fully saturated rings. The maximum absolute atomic E-state index is 12.0. The first-order valence-corrected chi connectivity index (χ1v) is 8.12. The number of hydrogen-bond donors (Lipinski definition) is 1. The number of amides is 1. The molecule has 0 aliphatic carbocycles. The lowest BCUT2D eigenvalue weighted by Gasteiger charge is -2.15. The van der Waals surface area contributed by atoms with Crippen LogP contribution in [0.4, 0.5) is 0 Å². The second kappa shape index (κ2) is 7.81.